The van der Waals surface area contributed by atoms with Gasteiger partial charge < -0.3 is 19.4 Å². The fraction of sp³-hybridized carbons (Fsp3) is 0.261. The standard InChI is InChI=1S/C23H23FN2O3/c1-14-15(2)22(26(16(14)3)12-18-5-4-6-19(24)9-18)23(27)25-11-17-7-8-20-21(10-17)29-13-28-20/h4-10H,11-13H2,1-3H3,(H,25,27). The molecule has 2 heterocycles. The van der Waals surface area contributed by atoms with Crippen molar-refractivity contribution in [1.29, 1.82) is 0 Å². The van der Waals surface area contributed by atoms with Gasteiger partial charge in [-0.3, -0.25) is 4.79 Å². The number of carbonyl (C=O) groups excluding carboxylic acids is 1. The molecule has 0 aliphatic carbocycles. The molecule has 1 amide bonds. The van der Waals surface area contributed by atoms with Crippen LogP contribution in [0.15, 0.2) is 42.5 Å². The van der Waals surface area contributed by atoms with Crippen LogP contribution in [-0.2, 0) is 13.1 Å². The summed E-state index contributed by atoms with van der Waals surface area (Å²) in [5, 5.41) is 3.00. The van der Waals surface area contributed by atoms with Crippen LogP contribution in [-0.4, -0.2) is 17.3 Å². The fourth-order valence-electron chi connectivity index (χ4n) is 3.65. The molecule has 0 unspecified atom stereocenters. The molecule has 4 rings (SSSR count). The zero-order chi connectivity index (χ0) is 20.5. The molecule has 0 fully saturated rings. The first kappa shape index (κ1) is 19.1. The fourth-order valence-corrected chi connectivity index (χ4v) is 3.65. The second-order valence-electron chi connectivity index (χ2n) is 7.27. The summed E-state index contributed by atoms with van der Waals surface area (Å²) in [6.07, 6.45) is 0. The van der Waals surface area contributed by atoms with Crippen LogP contribution in [0, 0.1) is 26.6 Å². The topological polar surface area (TPSA) is 52.5 Å². The van der Waals surface area contributed by atoms with E-state index in [-0.39, 0.29) is 18.5 Å². The number of benzene rings is 2. The summed E-state index contributed by atoms with van der Waals surface area (Å²) in [4.78, 5) is 13.1. The van der Waals surface area contributed by atoms with E-state index in [2.05, 4.69) is 5.32 Å². The van der Waals surface area contributed by atoms with Gasteiger partial charge in [-0.25, -0.2) is 4.39 Å². The van der Waals surface area contributed by atoms with E-state index in [1.807, 2.05) is 49.6 Å². The quantitative estimate of drug-likeness (QED) is 0.704. The zero-order valence-corrected chi connectivity index (χ0v) is 16.7. The lowest BCUT2D eigenvalue weighted by Crippen LogP contribution is -2.26. The molecule has 3 aromatic rings. The average Bonchev–Trinajstić information content (AvgIpc) is 3.25. The highest BCUT2D eigenvalue weighted by atomic mass is 19.1. The molecular formula is C23H23FN2O3. The van der Waals surface area contributed by atoms with Crippen LogP contribution in [0.4, 0.5) is 4.39 Å². The molecule has 0 bridgehead atoms. The SMILES string of the molecule is Cc1c(C)c(C(=O)NCc2ccc3c(c2)OCO3)n(Cc2cccc(F)c2)c1C. The van der Waals surface area contributed by atoms with Gasteiger partial charge in [0, 0.05) is 18.8 Å². The van der Waals surface area contributed by atoms with Crippen LogP contribution in [0.2, 0.25) is 0 Å². The Labute approximate surface area is 169 Å². The van der Waals surface area contributed by atoms with Crippen molar-refractivity contribution in [2.24, 2.45) is 0 Å². The van der Waals surface area contributed by atoms with E-state index >= 15 is 0 Å². The summed E-state index contributed by atoms with van der Waals surface area (Å²) in [6, 6.07) is 12.1. The van der Waals surface area contributed by atoms with Gasteiger partial charge in [-0.2, -0.15) is 0 Å². The molecule has 1 aromatic heterocycles. The first-order valence-electron chi connectivity index (χ1n) is 9.51. The number of nitrogens with zero attached hydrogens (tertiary/aromatic N) is 1. The van der Waals surface area contributed by atoms with Gasteiger partial charge in [0.1, 0.15) is 11.5 Å². The number of rotatable bonds is 5. The molecule has 0 radical (unpaired) electrons. The molecule has 2 aromatic carbocycles. The third-order valence-electron chi connectivity index (χ3n) is 5.47. The summed E-state index contributed by atoms with van der Waals surface area (Å²) in [6.45, 7) is 6.96. The summed E-state index contributed by atoms with van der Waals surface area (Å²) in [5.74, 6) is 0.961. The third-order valence-corrected chi connectivity index (χ3v) is 5.47. The van der Waals surface area contributed by atoms with Gasteiger partial charge in [0.05, 0.1) is 0 Å². The van der Waals surface area contributed by atoms with E-state index in [9.17, 15) is 9.18 Å². The lowest BCUT2D eigenvalue weighted by molar-refractivity contribution is 0.0941. The van der Waals surface area contributed by atoms with Crippen molar-refractivity contribution in [3.05, 3.63) is 81.9 Å². The first-order chi connectivity index (χ1) is 13.9. The third kappa shape index (κ3) is 3.70. The van der Waals surface area contributed by atoms with Crippen molar-refractivity contribution in [3.63, 3.8) is 0 Å². The average molecular weight is 394 g/mol. The molecular weight excluding hydrogens is 371 g/mol. The highest BCUT2D eigenvalue weighted by Crippen LogP contribution is 2.32. The van der Waals surface area contributed by atoms with Gasteiger partial charge >= 0.3 is 0 Å². The Morgan fingerprint density at radius 2 is 1.83 bits per heavy atom. The van der Waals surface area contributed by atoms with Gasteiger partial charge in [-0.1, -0.05) is 18.2 Å². The number of hydrogen-bond donors (Lipinski definition) is 1. The summed E-state index contributed by atoms with van der Waals surface area (Å²) in [5.41, 5.74) is 5.34. The maximum Gasteiger partial charge on any atom is 0.268 e. The number of nitrogens with one attached hydrogen (secondary N) is 1. The molecule has 1 aliphatic heterocycles. The summed E-state index contributed by atoms with van der Waals surface area (Å²) < 4.78 is 26.3. The second kappa shape index (κ2) is 7.62. The number of halogens is 1. The summed E-state index contributed by atoms with van der Waals surface area (Å²) in [7, 11) is 0. The van der Waals surface area contributed by atoms with Gasteiger partial charge in [0.25, 0.3) is 5.91 Å². The van der Waals surface area contributed by atoms with Crippen LogP contribution in [0.25, 0.3) is 0 Å². The molecule has 0 saturated carbocycles. The van der Waals surface area contributed by atoms with Crippen LogP contribution >= 0.6 is 0 Å². The molecule has 0 saturated heterocycles. The molecule has 0 spiro atoms. The lowest BCUT2D eigenvalue weighted by atomic mass is 10.1. The van der Waals surface area contributed by atoms with E-state index in [1.165, 1.54) is 12.1 Å². The number of fused-ring (bicyclic) bond motifs is 1. The van der Waals surface area contributed by atoms with Crippen LogP contribution in [0.1, 0.15) is 38.4 Å². The lowest BCUT2D eigenvalue weighted by Gasteiger charge is -2.13. The Morgan fingerprint density at radius 3 is 2.62 bits per heavy atom. The maximum atomic E-state index is 13.6. The Kier molecular flexibility index (Phi) is 5.01. The van der Waals surface area contributed by atoms with E-state index < -0.39 is 0 Å². The predicted octanol–water partition coefficient (Wildman–Crippen LogP) is 4.26. The number of carbonyl (C=O) groups is 1. The number of ether oxygens (including phenoxy) is 2. The monoisotopic (exact) mass is 394 g/mol. The van der Waals surface area contributed by atoms with E-state index in [1.54, 1.807) is 6.07 Å². The highest BCUT2D eigenvalue weighted by molar-refractivity contribution is 5.95. The van der Waals surface area contributed by atoms with Gasteiger partial charge in [0.2, 0.25) is 6.79 Å². The smallest absolute Gasteiger partial charge is 0.268 e. The Balaban J connectivity index is 1.57. The van der Waals surface area contributed by atoms with Gasteiger partial charge in [0.15, 0.2) is 11.5 Å². The molecule has 0 atom stereocenters. The van der Waals surface area contributed by atoms with Crippen molar-refractivity contribution in [3.8, 4) is 11.5 Å². The van der Waals surface area contributed by atoms with Crippen molar-refractivity contribution in [2.75, 3.05) is 6.79 Å². The number of aromatic nitrogens is 1. The first-order valence-corrected chi connectivity index (χ1v) is 9.51. The van der Waals surface area contributed by atoms with E-state index in [0.717, 1.165) is 27.9 Å². The van der Waals surface area contributed by atoms with Crippen molar-refractivity contribution in [2.45, 2.75) is 33.9 Å². The minimum atomic E-state index is -0.283. The van der Waals surface area contributed by atoms with Gasteiger partial charge in [-0.15, -0.1) is 0 Å². The zero-order valence-electron chi connectivity index (χ0n) is 16.7. The van der Waals surface area contributed by atoms with Crippen LogP contribution < -0.4 is 14.8 Å². The van der Waals surface area contributed by atoms with Crippen molar-refractivity contribution < 1.29 is 18.7 Å². The minimum absolute atomic E-state index is 0.159. The number of amides is 1. The molecule has 1 N–H and O–H groups in total. The largest absolute Gasteiger partial charge is 0.454 e. The van der Waals surface area contributed by atoms with Crippen LogP contribution in [0.5, 0.6) is 11.5 Å². The highest BCUT2D eigenvalue weighted by Gasteiger charge is 2.21. The predicted molar refractivity (Wildman–Crippen MR) is 108 cm³/mol. The normalized spacial score (nSPS) is 12.3. The molecule has 150 valence electrons. The Morgan fingerprint density at radius 1 is 1.03 bits per heavy atom. The second-order valence-corrected chi connectivity index (χ2v) is 7.27. The van der Waals surface area contributed by atoms with Crippen LogP contribution in [0.3, 0.4) is 0 Å². The maximum absolute atomic E-state index is 13.6. The summed E-state index contributed by atoms with van der Waals surface area (Å²) >= 11 is 0. The molecule has 1 aliphatic rings. The molecule has 29 heavy (non-hydrogen) atoms. The Bertz CT molecular complexity index is 1090. The van der Waals surface area contributed by atoms with E-state index in [4.69, 9.17) is 9.47 Å². The Hall–Kier alpha value is -3.28. The van der Waals surface area contributed by atoms with Gasteiger partial charge in [-0.05, 0) is 67.3 Å². The van der Waals surface area contributed by atoms with E-state index in [0.29, 0.717) is 30.3 Å². The molecule has 5 nitrogen and oxygen atoms in total. The van der Waals surface area contributed by atoms with Crippen molar-refractivity contribution in [1.82, 2.24) is 9.88 Å². The number of hydrogen-bond acceptors (Lipinski definition) is 3. The minimum Gasteiger partial charge on any atom is -0.454 e. The molecule has 6 heteroatoms. The van der Waals surface area contributed by atoms with Crippen molar-refractivity contribution >= 4 is 5.91 Å².